The molecule has 1 saturated carbocycles. The Morgan fingerprint density at radius 2 is 2.09 bits per heavy atom. The molecule has 0 spiro atoms. The number of aliphatic hydroxyl groups excluding tert-OH is 1. The van der Waals surface area contributed by atoms with Crippen LogP contribution in [-0.2, 0) is 0 Å². The van der Waals surface area contributed by atoms with Gasteiger partial charge in [0, 0.05) is 13.0 Å². The van der Waals surface area contributed by atoms with Gasteiger partial charge < -0.3 is 5.11 Å². The highest BCUT2D eigenvalue weighted by Gasteiger charge is 2.20. The molecule has 1 aliphatic rings. The summed E-state index contributed by atoms with van der Waals surface area (Å²) in [5.41, 5.74) is 0. The van der Waals surface area contributed by atoms with Crippen LogP contribution >= 0.6 is 0 Å². The Morgan fingerprint density at radius 1 is 1.36 bits per heavy atom. The van der Waals surface area contributed by atoms with E-state index in [1.807, 2.05) is 0 Å². The van der Waals surface area contributed by atoms with Crippen molar-refractivity contribution in [2.45, 2.75) is 32.1 Å². The molecule has 2 nitrogen and oxygen atoms in total. The van der Waals surface area contributed by atoms with Gasteiger partial charge in [0.2, 0.25) is 0 Å². The van der Waals surface area contributed by atoms with Gasteiger partial charge in [-0.05, 0) is 31.1 Å². The molecule has 0 amide bonds. The fourth-order valence-electron chi connectivity index (χ4n) is 1.88. The number of hydrogen-bond acceptors (Lipinski definition) is 2. The molecule has 0 aromatic carbocycles. The second-order valence-electron chi connectivity index (χ2n) is 3.44. The Hall–Kier alpha value is -0.550. The molecule has 62 valence electrons. The summed E-state index contributed by atoms with van der Waals surface area (Å²) in [6, 6.07) is 2.20. The summed E-state index contributed by atoms with van der Waals surface area (Å²) in [4.78, 5) is 0. The zero-order chi connectivity index (χ0) is 8.10. The second-order valence-corrected chi connectivity index (χ2v) is 3.44. The van der Waals surface area contributed by atoms with E-state index >= 15 is 0 Å². The SMILES string of the molecule is N#CC[C@@H]1CCC[C@H](CO)C1. The van der Waals surface area contributed by atoms with Gasteiger partial charge >= 0.3 is 0 Å². The highest BCUT2D eigenvalue weighted by molar-refractivity contribution is 4.80. The van der Waals surface area contributed by atoms with Crippen LogP contribution in [0.15, 0.2) is 0 Å². The lowest BCUT2D eigenvalue weighted by atomic mass is 9.80. The molecule has 2 heteroatoms. The van der Waals surface area contributed by atoms with Gasteiger partial charge in [0.15, 0.2) is 0 Å². The van der Waals surface area contributed by atoms with Crippen molar-refractivity contribution in [3.63, 3.8) is 0 Å². The van der Waals surface area contributed by atoms with E-state index in [9.17, 15) is 0 Å². The van der Waals surface area contributed by atoms with Crippen LogP contribution in [0.2, 0.25) is 0 Å². The number of nitriles is 1. The van der Waals surface area contributed by atoms with Crippen LogP contribution in [0.5, 0.6) is 0 Å². The third kappa shape index (κ3) is 2.51. The van der Waals surface area contributed by atoms with E-state index in [1.165, 1.54) is 12.8 Å². The van der Waals surface area contributed by atoms with Crippen LogP contribution in [0, 0.1) is 23.2 Å². The summed E-state index contributed by atoms with van der Waals surface area (Å²) in [7, 11) is 0. The van der Waals surface area contributed by atoms with Gasteiger partial charge in [0.1, 0.15) is 0 Å². The molecule has 0 bridgehead atoms. The molecule has 1 rings (SSSR count). The van der Waals surface area contributed by atoms with Crippen LogP contribution in [0.4, 0.5) is 0 Å². The molecule has 2 atom stereocenters. The molecule has 0 aromatic heterocycles. The normalized spacial score (nSPS) is 31.3. The topological polar surface area (TPSA) is 44.0 Å². The maximum absolute atomic E-state index is 8.89. The van der Waals surface area contributed by atoms with Crippen molar-refractivity contribution in [2.24, 2.45) is 11.8 Å². The van der Waals surface area contributed by atoms with Gasteiger partial charge in [-0.3, -0.25) is 0 Å². The fraction of sp³-hybridized carbons (Fsp3) is 0.889. The van der Waals surface area contributed by atoms with Gasteiger partial charge in [-0.1, -0.05) is 6.42 Å². The number of hydrogen-bond donors (Lipinski definition) is 1. The Labute approximate surface area is 67.8 Å². The van der Waals surface area contributed by atoms with Crippen molar-refractivity contribution >= 4 is 0 Å². The molecule has 0 radical (unpaired) electrons. The summed E-state index contributed by atoms with van der Waals surface area (Å²) in [6.07, 6.45) is 5.26. The molecule has 0 unspecified atom stereocenters. The van der Waals surface area contributed by atoms with Crippen molar-refractivity contribution in [1.29, 1.82) is 5.26 Å². The average Bonchev–Trinajstić information content (AvgIpc) is 2.06. The first-order valence-electron chi connectivity index (χ1n) is 4.34. The zero-order valence-corrected chi connectivity index (χ0v) is 6.79. The van der Waals surface area contributed by atoms with Crippen LogP contribution < -0.4 is 0 Å². The monoisotopic (exact) mass is 153 g/mol. The van der Waals surface area contributed by atoms with Gasteiger partial charge in [-0.25, -0.2) is 0 Å². The van der Waals surface area contributed by atoms with Crippen LogP contribution in [-0.4, -0.2) is 11.7 Å². The predicted molar refractivity (Wildman–Crippen MR) is 42.8 cm³/mol. The van der Waals surface area contributed by atoms with Crippen LogP contribution in [0.1, 0.15) is 32.1 Å². The molecule has 0 heterocycles. The summed E-state index contributed by atoms with van der Waals surface area (Å²) in [5.74, 6) is 1.04. The fourth-order valence-corrected chi connectivity index (χ4v) is 1.88. The zero-order valence-electron chi connectivity index (χ0n) is 6.79. The molecule has 0 aliphatic heterocycles. The third-order valence-corrected chi connectivity index (χ3v) is 2.53. The largest absolute Gasteiger partial charge is 0.396 e. The lowest BCUT2D eigenvalue weighted by Crippen LogP contribution is -2.17. The maximum Gasteiger partial charge on any atom is 0.0624 e. The molecule has 11 heavy (non-hydrogen) atoms. The lowest BCUT2D eigenvalue weighted by Gasteiger charge is -2.25. The maximum atomic E-state index is 8.89. The minimum atomic E-state index is 0.307. The van der Waals surface area contributed by atoms with Crippen molar-refractivity contribution < 1.29 is 5.11 Å². The second kappa shape index (κ2) is 4.35. The predicted octanol–water partition coefficient (Wildman–Crippen LogP) is 1.70. The lowest BCUT2D eigenvalue weighted by molar-refractivity contribution is 0.162. The smallest absolute Gasteiger partial charge is 0.0624 e. The standard InChI is InChI=1S/C9H15NO/c10-5-4-8-2-1-3-9(6-8)7-11/h8-9,11H,1-4,6-7H2/t8-,9-/m0/s1. The number of aliphatic hydroxyl groups is 1. The number of rotatable bonds is 2. The molecule has 1 aliphatic carbocycles. The first-order valence-corrected chi connectivity index (χ1v) is 4.34. The minimum Gasteiger partial charge on any atom is -0.396 e. The molecule has 1 N–H and O–H groups in total. The van der Waals surface area contributed by atoms with E-state index in [2.05, 4.69) is 6.07 Å². The highest BCUT2D eigenvalue weighted by atomic mass is 16.3. The van der Waals surface area contributed by atoms with E-state index in [0.717, 1.165) is 12.8 Å². The van der Waals surface area contributed by atoms with E-state index in [4.69, 9.17) is 10.4 Å². The van der Waals surface area contributed by atoms with Crippen molar-refractivity contribution in [3.05, 3.63) is 0 Å². The van der Waals surface area contributed by atoms with Crippen molar-refractivity contribution in [2.75, 3.05) is 6.61 Å². The van der Waals surface area contributed by atoms with E-state index < -0.39 is 0 Å². The molecular formula is C9H15NO. The molecular weight excluding hydrogens is 138 g/mol. The van der Waals surface area contributed by atoms with Gasteiger partial charge in [0.25, 0.3) is 0 Å². The van der Waals surface area contributed by atoms with Crippen LogP contribution in [0.25, 0.3) is 0 Å². The highest BCUT2D eigenvalue weighted by Crippen LogP contribution is 2.30. The summed E-state index contributed by atoms with van der Waals surface area (Å²) in [5, 5.41) is 17.4. The average molecular weight is 153 g/mol. The van der Waals surface area contributed by atoms with Crippen molar-refractivity contribution in [3.8, 4) is 6.07 Å². The van der Waals surface area contributed by atoms with Crippen molar-refractivity contribution in [1.82, 2.24) is 0 Å². The Kier molecular flexibility index (Phi) is 3.38. The molecule has 0 saturated heterocycles. The Morgan fingerprint density at radius 3 is 2.73 bits per heavy atom. The number of nitrogens with zero attached hydrogens (tertiary/aromatic N) is 1. The molecule has 1 fully saturated rings. The Balaban J connectivity index is 2.28. The Bertz CT molecular complexity index is 150. The van der Waals surface area contributed by atoms with Gasteiger partial charge in [-0.15, -0.1) is 0 Å². The molecule has 0 aromatic rings. The van der Waals surface area contributed by atoms with E-state index in [1.54, 1.807) is 0 Å². The summed E-state index contributed by atoms with van der Waals surface area (Å²) in [6.45, 7) is 0.307. The van der Waals surface area contributed by atoms with Crippen LogP contribution in [0.3, 0.4) is 0 Å². The van der Waals surface area contributed by atoms with Gasteiger partial charge in [0.05, 0.1) is 6.07 Å². The summed E-state index contributed by atoms with van der Waals surface area (Å²) >= 11 is 0. The first-order chi connectivity index (χ1) is 5.36. The van der Waals surface area contributed by atoms with E-state index in [-0.39, 0.29) is 0 Å². The third-order valence-electron chi connectivity index (χ3n) is 2.53. The van der Waals surface area contributed by atoms with E-state index in [0.29, 0.717) is 24.9 Å². The van der Waals surface area contributed by atoms with Gasteiger partial charge in [-0.2, -0.15) is 5.26 Å². The quantitative estimate of drug-likeness (QED) is 0.656. The minimum absolute atomic E-state index is 0.307. The summed E-state index contributed by atoms with van der Waals surface area (Å²) < 4.78 is 0. The first kappa shape index (κ1) is 8.55.